The van der Waals surface area contributed by atoms with Crippen molar-refractivity contribution in [2.75, 3.05) is 7.05 Å². The summed E-state index contributed by atoms with van der Waals surface area (Å²) in [6, 6.07) is 7.18. The van der Waals surface area contributed by atoms with Crippen LogP contribution < -0.4 is 0 Å². The predicted molar refractivity (Wildman–Crippen MR) is 66.9 cm³/mol. The zero-order chi connectivity index (χ0) is 12.6. The molecule has 0 spiro atoms. The molecule has 1 aromatic carbocycles. The third-order valence-electron chi connectivity index (χ3n) is 3.61. The molecule has 1 aliphatic heterocycles. The van der Waals surface area contributed by atoms with Crippen molar-refractivity contribution in [1.82, 2.24) is 4.90 Å². The fourth-order valence-corrected chi connectivity index (χ4v) is 1.82. The Labute approximate surface area is 101 Å². The van der Waals surface area contributed by atoms with E-state index in [1.54, 1.807) is 12.1 Å². The van der Waals surface area contributed by atoms with Gasteiger partial charge in [0.15, 0.2) is 0 Å². The summed E-state index contributed by atoms with van der Waals surface area (Å²) in [6.45, 7) is 6.11. The molecule has 1 aromatic rings. The molecular weight excluding hydrogens is 216 g/mol. The minimum Gasteiger partial charge on any atom is -0.507 e. The van der Waals surface area contributed by atoms with Crippen molar-refractivity contribution in [2.24, 2.45) is 5.16 Å². The van der Waals surface area contributed by atoms with Gasteiger partial charge >= 0.3 is 0 Å². The van der Waals surface area contributed by atoms with E-state index < -0.39 is 0 Å². The molecule has 0 amide bonds. The van der Waals surface area contributed by atoms with Gasteiger partial charge in [0.2, 0.25) is 6.23 Å². The van der Waals surface area contributed by atoms with Gasteiger partial charge in [-0.05, 0) is 33.9 Å². The Morgan fingerprint density at radius 1 is 1.35 bits per heavy atom. The van der Waals surface area contributed by atoms with Gasteiger partial charge in [-0.2, -0.15) is 0 Å². The number of oxime groups is 1. The maximum atomic E-state index is 9.86. The molecule has 17 heavy (non-hydrogen) atoms. The molecule has 0 unspecified atom stereocenters. The zero-order valence-electron chi connectivity index (χ0n) is 10.6. The molecule has 4 heteroatoms. The Balaban J connectivity index is 2.40. The molecule has 0 fully saturated rings. The second-order valence-electron chi connectivity index (χ2n) is 4.86. The van der Waals surface area contributed by atoms with Crippen molar-refractivity contribution in [3.05, 3.63) is 29.8 Å². The van der Waals surface area contributed by atoms with Crippen LogP contribution in [0.4, 0.5) is 0 Å². The van der Waals surface area contributed by atoms with E-state index in [9.17, 15) is 5.11 Å². The molecule has 4 nitrogen and oxygen atoms in total. The summed E-state index contributed by atoms with van der Waals surface area (Å²) >= 11 is 0. The molecule has 92 valence electrons. The lowest BCUT2D eigenvalue weighted by molar-refractivity contribution is -0.0942. The number of para-hydroxylation sites is 1. The Bertz CT molecular complexity index is 454. The van der Waals surface area contributed by atoms with Gasteiger partial charge in [-0.25, -0.2) is 0 Å². The molecule has 0 radical (unpaired) electrons. The highest BCUT2D eigenvalue weighted by molar-refractivity contribution is 5.90. The third kappa shape index (κ3) is 1.89. The van der Waals surface area contributed by atoms with Crippen LogP contribution in [0.15, 0.2) is 29.4 Å². The first-order valence-corrected chi connectivity index (χ1v) is 5.66. The number of benzene rings is 1. The van der Waals surface area contributed by atoms with E-state index in [1.165, 1.54) is 0 Å². The first-order chi connectivity index (χ1) is 7.94. The lowest BCUT2D eigenvalue weighted by Crippen LogP contribution is -2.51. The number of hydrogen-bond acceptors (Lipinski definition) is 4. The molecule has 1 atom stereocenters. The number of nitrogens with zero attached hydrogens (tertiary/aromatic N) is 2. The maximum Gasteiger partial charge on any atom is 0.211 e. The number of phenols is 1. The zero-order valence-corrected chi connectivity index (χ0v) is 10.6. The van der Waals surface area contributed by atoms with Crippen LogP contribution in [0.5, 0.6) is 5.75 Å². The van der Waals surface area contributed by atoms with Gasteiger partial charge in [0.1, 0.15) is 5.75 Å². The van der Waals surface area contributed by atoms with E-state index in [0.717, 1.165) is 11.3 Å². The van der Waals surface area contributed by atoms with Gasteiger partial charge in [0.25, 0.3) is 0 Å². The summed E-state index contributed by atoms with van der Waals surface area (Å²) in [7, 11) is 1.97. The van der Waals surface area contributed by atoms with Crippen molar-refractivity contribution in [2.45, 2.75) is 32.5 Å². The maximum absolute atomic E-state index is 9.86. The normalized spacial score (nSPS) is 24.0. The van der Waals surface area contributed by atoms with E-state index in [2.05, 4.69) is 23.9 Å². The molecule has 1 aliphatic rings. The minimum atomic E-state index is -0.352. The molecular formula is C13H18N2O2. The van der Waals surface area contributed by atoms with Crippen molar-refractivity contribution in [3.63, 3.8) is 0 Å². The highest BCUT2D eigenvalue weighted by atomic mass is 16.7. The van der Waals surface area contributed by atoms with Crippen LogP contribution in [0.2, 0.25) is 0 Å². The number of hydrogen-bond donors (Lipinski definition) is 1. The van der Waals surface area contributed by atoms with Crippen LogP contribution >= 0.6 is 0 Å². The quantitative estimate of drug-likeness (QED) is 0.812. The highest BCUT2D eigenvalue weighted by Crippen LogP contribution is 2.36. The minimum absolute atomic E-state index is 0.189. The smallest absolute Gasteiger partial charge is 0.211 e. The van der Waals surface area contributed by atoms with E-state index in [-0.39, 0.29) is 17.5 Å². The van der Waals surface area contributed by atoms with Crippen LogP contribution in [0, 0.1) is 0 Å². The molecule has 1 heterocycles. The summed E-state index contributed by atoms with van der Waals surface area (Å²) in [5.74, 6) is 0.231. The van der Waals surface area contributed by atoms with Crippen molar-refractivity contribution in [3.8, 4) is 5.75 Å². The van der Waals surface area contributed by atoms with Crippen LogP contribution in [0.3, 0.4) is 0 Å². The van der Waals surface area contributed by atoms with E-state index in [0.29, 0.717) is 0 Å². The second-order valence-corrected chi connectivity index (χ2v) is 4.86. The predicted octanol–water partition coefficient (Wildman–Crippen LogP) is 2.51. The number of rotatable bonds is 1. The lowest BCUT2D eigenvalue weighted by Gasteiger charge is -2.42. The van der Waals surface area contributed by atoms with E-state index >= 15 is 0 Å². The second kappa shape index (κ2) is 4.04. The lowest BCUT2D eigenvalue weighted by atomic mass is 9.95. The third-order valence-corrected chi connectivity index (χ3v) is 3.61. The molecule has 0 aromatic heterocycles. The van der Waals surface area contributed by atoms with Crippen LogP contribution in [0.1, 0.15) is 32.6 Å². The largest absolute Gasteiger partial charge is 0.507 e. The van der Waals surface area contributed by atoms with E-state index in [1.807, 2.05) is 26.1 Å². The fourth-order valence-electron chi connectivity index (χ4n) is 1.82. The van der Waals surface area contributed by atoms with Crippen LogP contribution in [-0.4, -0.2) is 28.3 Å². The van der Waals surface area contributed by atoms with E-state index in [4.69, 9.17) is 4.84 Å². The number of phenolic OH excluding ortho intramolecular Hbond substituents is 1. The van der Waals surface area contributed by atoms with Gasteiger partial charge in [0, 0.05) is 0 Å². The van der Waals surface area contributed by atoms with Gasteiger partial charge in [0.05, 0.1) is 16.8 Å². The molecule has 0 saturated carbocycles. The summed E-state index contributed by atoms with van der Waals surface area (Å²) in [6.07, 6.45) is -0.352. The van der Waals surface area contributed by atoms with Crippen molar-refractivity contribution < 1.29 is 9.94 Å². The highest BCUT2D eigenvalue weighted by Gasteiger charge is 2.39. The average Bonchev–Trinajstić information content (AvgIpc) is 2.29. The standard InChI is InChI=1S/C13H18N2O2/c1-9-13(2,3)15(4)12(17-14-9)10-7-5-6-8-11(10)16/h5-8,12,16H,1-4H3/t12-/m0/s1. The first-order valence-electron chi connectivity index (χ1n) is 5.66. The topological polar surface area (TPSA) is 45.1 Å². The Morgan fingerprint density at radius 2 is 2.00 bits per heavy atom. The Kier molecular flexibility index (Phi) is 2.83. The summed E-state index contributed by atoms with van der Waals surface area (Å²) in [5, 5.41) is 14.0. The molecule has 1 N–H and O–H groups in total. The van der Waals surface area contributed by atoms with Gasteiger partial charge in [-0.15, -0.1) is 0 Å². The summed E-state index contributed by atoms with van der Waals surface area (Å²) in [4.78, 5) is 7.52. The monoisotopic (exact) mass is 234 g/mol. The molecule has 0 bridgehead atoms. The molecule has 0 saturated heterocycles. The van der Waals surface area contributed by atoms with Crippen molar-refractivity contribution >= 4 is 5.71 Å². The Morgan fingerprint density at radius 3 is 2.65 bits per heavy atom. The number of aromatic hydroxyl groups is 1. The first kappa shape index (κ1) is 11.9. The van der Waals surface area contributed by atoms with Crippen molar-refractivity contribution in [1.29, 1.82) is 0 Å². The summed E-state index contributed by atoms with van der Waals surface area (Å²) < 4.78 is 0. The van der Waals surface area contributed by atoms with Gasteiger partial charge < -0.3 is 9.94 Å². The molecule has 2 rings (SSSR count). The fraction of sp³-hybridized carbons (Fsp3) is 0.462. The average molecular weight is 234 g/mol. The Hall–Kier alpha value is -1.55. The van der Waals surface area contributed by atoms with Crippen LogP contribution in [-0.2, 0) is 4.84 Å². The molecule has 0 aliphatic carbocycles. The summed E-state index contributed by atoms with van der Waals surface area (Å²) in [5.41, 5.74) is 1.47. The van der Waals surface area contributed by atoms with Crippen LogP contribution in [0.25, 0.3) is 0 Å². The van der Waals surface area contributed by atoms with Gasteiger partial charge in [-0.1, -0.05) is 23.4 Å². The SMILES string of the molecule is CC1=NO[C@@H](c2ccccc2O)N(C)C1(C)C. The van der Waals surface area contributed by atoms with Gasteiger partial charge in [-0.3, -0.25) is 4.90 Å².